The lowest BCUT2D eigenvalue weighted by molar-refractivity contribution is -0.0376. The van der Waals surface area contributed by atoms with E-state index in [0.717, 1.165) is 10.9 Å². The highest BCUT2D eigenvalue weighted by molar-refractivity contribution is 9.10. The maximum atomic E-state index is 13.9. The van der Waals surface area contributed by atoms with Gasteiger partial charge in [-0.1, -0.05) is 28.1 Å². The molecule has 82 valence electrons. The minimum absolute atomic E-state index is 0.0881. The summed E-state index contributed by atoms with van der Waals surface area (Å²) in [5, 5.41) is 2.85. The normalized spacial score (nSPS) is 21.9. The highest BCUT2D eigenvalue weighted by atomic mass is 79.9. The molecule has 0 aliphatic carbocycles. The van der Waals surface area contributed by atoms with E-state index < -0.39 is 12.0 Å². The van der Waals surface area contributed by atoms with E-state index in [1.807, 2.05) is 0 Å². The molecule has 1 saturated heterocycles. The summed E-state index contributed by atoms with van der Waals surface area (Å²) in [6.07, 6.45) is 1.37. The first-order valence-electron chi connectivity index (χ1n) is 4.98. The molecule has 1 N–H and O–H groups in total. The number of rotatable bonds is 2. The van der Waals surface area contributed by atoms with Crippen molar-refractivity contribution in [3.05, 3.63) is 34.3 Å². The monoisotopic (exact) mass is 275 g/mol. The van der Waals surface area contributed by atoms with Crippen LogP contribution >= 0.6 is 15.9 Å². The maximum Gasteiger partial charge on any atom is 0.288 e. The molecule has 0 spiro atoms. The fourth-order valence-corrected chi connectivity index (χ4v) is 2.13. The Morgan fingerprint density at radius 3 is 2.47 bits per heavy atom. The number of hydrogen-bond acceptors (Lipinski definition) is 1. The van der Waals surface area contributed by atoms with Gasteiger partial charge in [0.25, 0.3) is 5.92 Å². The molecule has 0 saturated carbocycles. The van der Waals surface area contributed by atoms with Crippen LogP contribution in [0.1, 0.15) is 18.4 Å². The average Bonchev–Trinajstić information content (AvgIpc) is 2.71. The van der Waals surface area contributed by atoms with Crippen LogP contribution < -0.4 is 5.32 Å². The quantitative estimate of drug-likeness (QED) is 0.874. The zero-order valence-electron chi connectivity index (χ0n) is 8.14. The summed E-state index contributed by atoms with van der Waals surface area (Å²) in [7, 11) is 0. The smallest absolute Gasteiger partial charge is 0.288 e. The highest BCUT2D eigenvalue weighted by Crippen LogP contribution is 2.35. The zero-order valence-corrected chi connectivity index (χ0v) is 9.73. The van der Waals surface area contributed by atoms with E-state index in [2.05, 4.69) is 21.2 Å². The largest absolute Gasteiger partial charge is 0.308 e. The fourth-order valence-electron chi connectivity index (χ4n) is 1.87. The van der Waals surface area contributed by atoms with Gasteiger partial charge in [0.15, 0.2) is 0 Å². The summed E-state index contributed by atoms with van der Waals surface area (Å²) >= 11 is 3.24. The van der Waals surface area contributed by atoms with Gasteiger partial charge < -0.3 is 5.32 Å². The minimum atomic E-state index is -2.77. The Labute approximate surface area is 96.0 Å². The highest BCUT2D eigenvalue weighted by Gasteiger charge is 2.42. The lowest BCUT2D eigenvalue weighted by Gasteiger charge is -2.23. The molecular formula is C11H12BrF2N. The van der Waals surface area contributed by atoms with Crippen LogP contribution in [0.2, 0.25) is 0 Å². The van der Waals surface area contributed by atoms with Crippen LogP contribution in [-0.4, -0.2) is 12.6 Å². The van der Waals surface area contributed by atoms with Crippen molar-refractivity contribution in [3.8, 4) is 0 Å². The van der Waals surface area contributed by atoms with Crippen LogP contribution in [0.15, 0.2) is 28.7 Å². The average molecular weight is 276 g/mol. The summed E-state index contributed by atoms with van der Waals surface area (Å²) in [6, 6.07) is 5.54. The standard InChI is InChI=1S/C11H12BrF2N/c12-9-5-3-8(4-6-9)11(13,14)10-2-1-7-15-10/h3-6,10,15H,1-2,7H2. The second-order valence-corrected chi connectivity index (χ2v) is 4.69. The van der Waals surface area contributed by atoms with Gasteiger partial charge in [0.2, 0.25) is 0 Å². The first kappa shape index (κ1) is 11.0. The molecule has 1 aromatic rings. The molecule has 1 nitrogen and oxygen atoms in total. The fraction of sp³-hybridized carbons (Fsp3) is 0.455. The topological polar surface area (TPSA) is 12.0 Å². The lowest BCUT2D eigenvalue weighted by atomic mass is 10.00. The summed E-state index contributed by atoms with van der Waals surface area (Å²) < 4.78 is 28.7. The van der Waals surface area contributed by atoms with Gasteiger partial charge >= 0.3 is 0 Å². The number of nitrogens with one attached hydrogen (secondary N) is 1. The molecule has 1 aliphatic rings. The summed E-state index contributed by atoms with van der Waals surface area (Å²) in [5.74, 6) is -2.77. The van der Waals surface area contributed by atoms with Crippen LogP contribution in [0.4, 0.5) is 8.78 Å². The number of alkyl halides is 2. The molecule has 0 aromatic heterocycles. The molecule has 1 heterocycles. The molecule has 1 unspecified atom stereocenters. The molecule has 15 heavy (non-hydrogen) atoms. The summed E-state index contributed by atoms with van der Waals surface area (Å²) in [5.41, 5.74) is 0.0881. The molecule has 0 amide bonds. The van der Waals surface area contributed by atoms with Crippen molar-refractivity contribution in [2.24, 2.45) is 0 Å². The van der Waals surface area contributed by atoms with Crippen LogP contribution in [0.5, 0.6) is 0 Å². The van der Waals surface area contributed by atoms with Crippen LogP contribution in [0.25, 0.3) is 0 Å². The number of hydrogen-bond donors (Lipinski definition) is 1. The van der Waals surface area contributed by atoms with E-state index in [1.54, 1.807) is 12.1 Å². The minimum Gasteiger partial charge on any atom is -0.308 e. The van der Waals surface area contributed by atoms with Crippen molar-refractivity contribution in [3.63, 3.8) is 0 Å². The molecule has 0 bridgehead atoms. The Morgan fingerprint density at radius 1 is 1.27 bits per heavy atom. The Kier molecular flexibility index (Phi) is 3.07. The molecule has 1 aliphatic heterocycles. The second-order valence-electron chi connectivity index (χ2n) is 3.78. The predicted molar refractivity (Wildman–Crippen MR) is 59.1 cm³/mol. The van der Waals surface area contributed by atoms with Crippen molar-refractivity contribution < 1.29 is 8.78 Å². The third-order valence-corrected chi connectivity index (χ3v) is 3.26. The van der Waals surface area contributed by atoms with E-state index in [0.29, 0.717) is 13.0 Å². The first-order chi connectivity index (χ1) is 7.10. The molecule has 0 radical (unpaired) electrons. The number of benzene rings is 1. The number of halogens is 3. The lowest BCUT2D eigenvalue weighted by Crippen LogP contribution is -2.38. The maximum absolute atomic E-state index is 13.9. The van der Waals surface area contributed by atoms with Crippen LogP contribution in [0, 0.1) is 0 Å². The molecule has 1 aromatic carbocycles. The Balaban J connectivity index is 2.23. The molecule has 2 rings (SSSR count). The van der Waals surface area contributed by atoms with E-state index in [9.17, 15) is 8.78 Å². The predicted octanol–water partition coefficient (Wildman–Crippen LogP) is 3.29. The third-order valence-electron chi connectivity index (χ3n) is 2.73. The Morgan fingerprint density at radius 2 is 1.93 bits per heavy atom. The Hall–Kier alpha value is -0.480. The summed E-state index contributed by atoms with van der Waals surface area (Å²) in [6.45, 7) is 0.691. The van der Waals surface area contributed by atoms with Crippen molar-refractivity contribution in [1.29, 1.82) is 0 Å². The van der Waals surface area contributed by atoms with Crippen LogP contribution in [0.3, 0.4) is 0 Å². The SMILES string of the molecule is FC(F)(c1ccc(Br)cc1)C1CCCN1. The van der Waals surface area contributed by atoms with Crippen molar-refractivity contribution in [2.75, 3.05) is 6.54 Å². The van der Waals surface area contributed by atoms with E-state index in [1.165, 1.54) is 12.1 Å². The Bertz CT molecular complexity index is 331. The van der Waals surface area contributed by atoms with Crippen LogP contribution in [-0.2, 0) is 5.92 Å². The molecular weight excluding hydrogens is 264 g/mol. The van der Waals surface area contributed by atoms with E-state index in [4.69, 9.17) is 0 Å². The molecule has 1 fully saturated rings. The van der Waals surface area contributed by atoms with E-state index >= 15 is 0 Å². The molecule has 1 atom stereocenters. The second kappa shape index (κ2) is 4.18. The van der Waals surface area contributed by atoms with Crippen molar-refractivity contribution in [1.82, 2.24) is 5.32 Å². The third kappa shape index (κ3) is 2.21. The zero-order chi connectivity index (χ0) is 10.9. The van der Waals surface area contributed by atoms with Gasteiger partial charge in [-0.25, -0.2) is 0 Å². The van der Waals surface area contributed by atoms with Gasteiger partial charge in [0.05, 0.1) is 6.04 Å². The van der Waals surface area contributed by atoms with Gasteiger partial charge in [-0.15, -0.1) is 0 Å². The molecule has 4 heteroatoms. The van der Waals surface area contributed by atoms with Gasteiger partial charge in [0, 0.05) is 10.0 Å². The van der Waals surface area contributed by atoms with Crippen molar-refractivity contribution >= 4 is 15.9 Å². The van der Waals surface area contributed by atoms with E-state index in [-0.39, 0.29) is 5.56 Å². The van der Waals surface area contributed by atoms with Gasteiger partial charge in [-0.05, 0) is 31.5 Å². The summed E-state index contributed by atoms with van der Waals surface area (Å²) in [4.78, 5) is 0. The first-order valence-corrected chi connectivity index (χ1v) is 5.77. The van der Waals surface area contributed by atoms with Gasteiger partial charge in [0.1, 0.15) is 0 Å². The van der Waals surface area contributed by atoms with Gasteiger partial charge in [-0.3, -0.25) is 0 Å². The van der Waals surface area contributed by atoms with Crippen molar-refractivity contribution in [2.45, 2.75) is 24.8 Å². The van der Waals surface area contributed by atoms with Gasteiger partial charge in [-0.2, -0.15) is 8.78 Å².